The number of hydrogen-bond acceptors (Lipinski definition) is 4. The van der Waals surface area contributed by atoms with E-state index < -0.39 is 0 Å². The summed E-state index contributed by atoms with van der Waals surface area (Å²) < 4.78 is 6.40. The number of carbonyl (C=O) groups excluding carboxylic acids is 1. The maximum atomic E-state index is 11.8. The molecule has 1 aromatic carbocycles. The van der Waals surface area contributed by atoms with Crippen molar-refractivity contribution in [3.63, 3.8) is 0 Å². The Morgan fingerprint density at radius 3 is 2.94 bits per heavy atom. The zero-order chi connectivity index (χ0) is 12.3. The Bertz CT molecular complexity index is 488. The van der Waals surface area contributed by atoms with Gasteiger partial charge in [0, 0.05) is 6.61 Å². The number of nitrogens with zero attached hydrogens (tertiary/aromatic N) is 1. The van der Waals surface area contributed by atoms with Crippen LogP contribution in [-0.4, -0.2) is 23.5 Å². The van der Waals surface area contributed by atoms with Crippen molar-refractivity contribution in [2.45, 2.75) is 26.4 Å². The number of rotatable bonds is 5. The third-order valence-electron chi connectivity index (χ3n) is 2.53. The van der Waals surface area contributed by atoms with Crippen LogP contribution in [-0.2, 0) is 16.0 Å². The molecular weight excluding hydrogens is 234 g/mol. The van der Waals surface area contributed by atoms with Gasteiger partial charge in [-0.25, -0.2) is 4.98 Å². The molecule has 4 heteroatoms. The van der Waals surface area contributed by atoms with E-state index in [-0.39, 0.29) is 11.9 Å². The van der Waals surface area contributed by atoms with Gasteiger partial charge in [0.15, 0.2) is 5.78 Å². The SMILES string of the molecule is CCOC(C)C(=O)Cc1nc2ccccc2s1. The molecule has 1 heterocycles. The minimum absolute atomic E-state index is 0.0888. The van der Waals surface area contributed by atoms with Gasteiger partial charge in [0.05, 0.1) is 16.6 Å². The van der Waals surface area contributed by atoms with Crippen LogP contribution in [0, 0.1) is 0 Å². The summed E-state index contributed by atoms with van der Waals surface area (Å²) in [6.45, 7) is 4.24. The number of hydrogen-bond donors (Lipinski definition) is 0. The monoisotopic (exact) mass is 249 g/mol. The normalized spacial score (nSPS) is 12.8. The molecule has 0 aliphatic heterocycles. The molecule has 0 radical (unpaired) electrons. The van der Waals surface area contributed by atoms with E-state index in [1.54, 1.807) is 18.3 Å². The van der Waals surface area contributed by atoms with Crippen molar-refractivity contribution < 1.29 is 9.53 Å². The van der Waals surface area contributed by atoms with Gasteiger partial charge in [0.1, 0.15) is 11.1 Å². The van der Waals surface area contributed by atoms with Crippen LogP contribution in [0.1, 0.15) is 18.9 Å². The van der Waals surface area contributed by atoms with Crippen LogP contribution >= 0.6 is 11.3 Å². The van der Waals surface area contributed by atoms with Crippen molar-refractivity contribution in [1.29, 1.82) is 0 Å². The van der Waals surface area contributed by atoms with Crippen molar-refractivity contribution in [3.8, 4) is 0 Å². The molecule has 0 saturated heterocycles. The van der Waals surface area contributed by atoms with Gasteiger partial charge in [0.2, 0.25) is 0 Å². The lowest BCUT2D eigenvalue weighted by Gasteiger charge is -2.08. The summed E-state index contributed by atoms with van der Waals surface area (Å²) in [4.78, 5) is 16.3. The quantitative estimate of drug-likeness (QED) is 0.818. The van der Waals surface area contributed by atoms with Crippen LogP contribution in [0.3, 0.4) is 0 Å². The van der Waals surface area contributed by atoms with E-state index in [4.69, 9.17) is 4.74 Å². The standard InChI is InChI=1S/C13H15NO2S/c1-3-16-9(2)11(15)8-13-14-10-6-4-5-7-12(10)17-13/h4-7,9H,3,8H2,1-2H3. The molecule has 0 aliphatic carbocycles. The van der Waals surface area contributed by atoms with E-state index in [0.29, 0.717) is 13.0 Å². The minimum Gasteiger partial charge on any atom is -0.371 e. The van der Waals surface area contributed by atoms with Crippen LogP contribution in [0.15, 0.2) is 24.3 Å². The molecule has 90 valence electrons. The number of ether oxygens (including phenoxy) is 1. The highest BCUT2D eigenvalue weighted by Gasteiger charge is 2.15. The summed E-state index contributed by atoms with van der Waals surface area (Å²) in [6.07, 6.45) is 0.0209. The second-order valence-corrected chi connectivity index (χ2v) is 4.93. The Morgan fingerprint density at radius 1 is 1.47 bits per heavy atom. The molecular formula is C13H15NO2S. The maximum absolute atomic E-state index is 11.8. The first-order valence-electron chi connectivity index (χ1n) is 5.69. The minimum atomic E-state index is -0.341. The Morgan fingerprint density at radius 2 is 2.24 bits per heavy atom. The highest BCUT2D eigenvalue weighted by atomic mass is 32.1. The van der Waals surface area contributed by atoms with Gasteiger partial charge < -0.3 is 4.74 Å². The van der Waals surface area contributed by atoms with Gasteiger partial charge in [-0.2, -0.15) is 0 Å². The van der Waals surface area contributed by atoms with E-state index in [9.17, 15) is 4.79 Å². The van der Waals surface area contributed by atoms with Crippen LogP contribution in [0.25, 0.3) is 10.2 Å². The number of ketones is 1. The van der Waals surface area contributed by atoms with E-state index in [2.05, 4.69) is 4.98 Å². The van der Waals surface area contributed by atoms with Gasteiger partial charge in [-0.05, 0) is 26.0 Å². The molecule has 3 nitrogen and oxygen atoms in total. The summed E-state index contributed by atoms with van der Waals surface area (Å²) in [5.41, 5.74) is 0.962. The molecule has 1 unspecified atom stereocenters. The molecule has 0 spiro atoms. The van der Waals surface area contributed by atoms with Crippen molar-refractivity contribution in [1.82, 2.24) is 4.98 Å². The fourth-order valence-electron chi connectivity index (χ4n) is 1.63. The lowest BCUT2D eigenvalue weighted by molar-refractivity contribution is -0.128. The molecule has 0 aliphatic rings. The molecule has 0 amide bonds. The van der Waals surface area contributed by atoms with Gasteiger partial charge in [0.25, 0.3) is 0 Å². The average Bonchev–Trinajstić information content (AvgIpc) is 2.71. The molecule has 2 aromatic rings. The second-order valence-electron chi connectivity index (χ2n) is 3.82. The summed E-state index contributed by atoms with van der Waals surface area (Å²) >= 11 is 1.57. The van der Waals surface area contributed by atoms with Crippen molar-refractivity contribution in [2.75, 3.05) is 6.61 Å². The maximum Gasteiger partial charge on any atom is 0.168 e. The summed E-state index contributed by atoms with van der Waals surface area (Å²) in [5.74, 6) is 0.0888. The lowest BCUT2D eigenvalue weighted by atomic mass is 10.2. The van der Waals surface area contributed by atoms with Gasteiger partial charge in [-0.3, -0.25) is 4.79 Å². The summed E-state index contributed by atoms with van der Waals surface area (Å²) in [7, 11) is 0. The first-order chi connectivity index (χ1) is 8.20. The summed E-state index contributed by atoms with van der Waals surface area (Å²) in [5, 5.41) is 0.864. The Labute approximate surface area is 104 Å². The van der Waals surface area contributed by atoms with Gasteiger partial charge in [-0.1, -0.05) is 12.1 Å². The van der Waals surface area contributed by atoms with Gasteiger partial charge >= 0.3 is 0 Å². The number of carbonyl (C=O) groups is 1. The molecule has 2 rings (SSSR count). The first kappa shape index (κ1) is 12.2. The smallest absolute Gasteiger partial charge is 0.168 e. The molecule has 0 bridgehead atoms. The number of benzene rings is 1. The Balaban J connectivity index is 2.10. The van der Waals surface area contributed by atoms with E-state index >= 15 is 0 Å². The summed E-state index contributed by atoms with van der Waals surface area (Å²) in [6, 6.07) is 7.92. The van der Waals surface area contributed by atoms with Crippen LogP contribution in [0.2, 0.25) is 0 Å². The highest BCUT2D eigenvalue weighted by molar-refractivity contribution is 7.18. The zero-order valence-electron chi connectivity index (χ0n) is 9.97. The molecule has 1 aromatic heterocycles. The van der Waals surface area contributed by atoms with Crippen LogP contribution in [0.4, 0.5) is 0 Å². The van der Waals surface area contributed by atoms with Gasteiger partial charge in [-0.15, -0.1) is 11.3 Å². The number of Topliss-reactive ketones (excluding diaryl/α,β-unsaturated/α-hetero) is 1. The fourth-order valence-corrected chi connectivity index (χ4v) is 2.61. The van der Waals surface area contributed by atoms with Crippen molar-refractivity contribution in [2.24, 2.45) is 0 Å². The average molecular weight is 249 g/mol. The fraction of sp³-hybridized carbons (Fsp3) is 0.385. The number of aromatic nitrogens is 1. The number of fused-ring (bicyclic) bond motifs is 1. The number of thiazole rings is 1. The molecule has 0 saturated carbocycles. The topological polar surface area (TPSA) is 39.2 Å². The predicted molar refractivity (Wildman–Crippen MR) is 69.4 cm³/mol. The Kier molecular flexibility index (Phi) is 3.86. The number of para-hydroxylation sites is 1. The molecule has 17 heavy (non-hydrogen) atoms. The van der Waals surface area contributed by atoms with Crippen LogP contribution < -0.4 is 0 Å². The predicted octanol–water partition coefficient (Wildman–Crippen LogP) is 2.83. The first-order valence-corrected chi connectivity index (χ1v) is 6.51. The molecule has 0 fully saturated rings. The third-order valence-corrected chi connectivity index (χ3v) is 3.57. The zero-order valence-corrected chi connectivity index (χ0v) is 10.8. The molecule has 0 N–H and O–H groups in total. The Hall–Kier alpha value is -1.26. The molecule has 1 atom stereocenters. The van der Waals surface area contributed by atoms with E-state index in [1.165, 1.54) is 0 Å². The van der Waals surface area contributed by atoms with E-state index in [0.717, 1.165) is 15.2 Å². The second kappa shape index (κ2) is 5.38. The largest absolute Gasteiger partial charge is 0.371 e. The highest BCUT2D eigenvalue weighted by Crippen LogP contribution is 2.22. The van der Waals surface area contributed by atoms with Crippen molar-refractivity contribution in [3.05, 3.63) is 29.3 Å². The van der Waals surface area contributed by atoms with Crippen molar-refractivity contribution >= 4 is 27.3 Å². The van der Waals surface area contributed by atoms with Crippen LogP contribution in [0.5, 0.6) is 0 Å². The third kappa shape index (κ3) is 2.90. The lowest BCUT2D eigenvalue weighted by Crippen LogP contribution is -2.22. The van der Waals surface area contributed by atoms with E-state index in [1.807, 2.05) is 31.2 Å².